The first-order valence-electron chi connectivity index (χ1n) is 9.18. The Kier molecular flexibility index (Phi) is 4.63. The predicted octanol–water partition coefficient (Wildman–Crippen LogP) is 2.49. The first-order valence-corrected chi connectivity index (χ1v) is 11.6. The Hall–Kier alpha value is -1.78. The second-order valence-electron chi connectivity index (χ2n) is 7.57. The highest BCUT2D eigenvalue weighted by Gasteiger charge is 2.32. The van der Waals surface area contributed by atoms with Crippen molar-refractivity contribution >= 4 is 48.0 Å². The van der Waals surface area contributed by atoms with Crippen molar-refractivity contribution in [2.24, 2.45) is 0 Å². The Labute approximate surface area is 171 Å². The van der Waals surface area contributed by atoms with Crippen molar-refractivity contribution in [3.63, 3.8) is 0 Å². The lowest BCUT2D eigenvalue weighted by Gasteiger charge is -2.38. The molecular weight excluding hydrogens is 446 g/mol. The van der Waals surface area contributed by atoms with Crippen LogP contribution in [0.5, 0.6) is 0 Å². The van der Waals surface area contributed by atoms with Gasteiger partial charge in [0.25, 0.3) is 0 Å². The molecule has 1 saturated heterocycles. The van der Waals surface area contributed by atoms with Crippen molar-refractivity contribution in [3.8, 4) is 0 Å². The van der Waals surface area contributed by atoms with Gasteiger partial charge in [0.15, 0.2) is 0 Å². The molecule has 4 heterocycles. The van der Waals surface area contributed by atoms with Crippen LogP contribution in [-0.4, -0.2) is 57.5 Å². The van der Waals surface area contributed by atoms with E-state index in [1.807, 2.05) is 17.9 Å². The van der Waals surface area contributed by atoms with Gasteiger partial charge in [-0.05, 0) is 54.8 Å². The fraction of sp³-hybridized carbons (Fsp3) is 0.500. The Morgan fingerprint density at radius 3 is 2.75 bits per heavy atom. The highest BCUT2D eigenvalue weighted by Crippen LogP contribution is 2.35. The van der Waals surface area contributed by atoms with Gasteiger partial charge in [-0.1, -0.05) is 6.92 Å². The maximum Gasteiger partial charge on any atom is 0.249 e. The fourth-order valence-electron chi connectivity index (χ4n) is 3.71. The number of pyridine rings is 1. The van der Waals surface area contributed by atoms with E-state index in [0.29, 0.717) is 35.4 Å². The monoisotopic (exact) mass is 467 g/mol. The van der Waals surface area contributed by atoms with Crippen molar-refractivity contribution in [2.45, 2.75) is 44.4 Å². The van der Waals surface area contributed by atoms with E-state index in [0.717, 1.165) is 23.0 Å². The van der Waals surface area contributed by atoms with Crippen molar-refractivity contribution in [2.75, 3.05) is 23.7 Å². The number of β-amino-alcohol motifs (C(OH)–C–C–N with tert-alkyl or cyclic N) is 1. The van der Waals surface area contributed by atoms with Gasteiger partial charge >= 0.3 is 0 Å². The molecular formula is C18H22BrN5O3S. The third-order valence-corrected chi connectivity index (χ3v) is 7.14. The van der Waals surface area contributed by atoms with Crippen LogP contribution in [-0.2, 0) is 9.84 Å². The van der Waals surface area contributed by atoms with Gasteiger partial charge in [0, 0.05) is 13.1 Å². The zero-order valence-corrected chi connectivity index (χ0v) is 18.4. The number of aliphatic hydroxyl groups is 1. The van der Waals surface area contributed by atoms with E-state index in [1.54, 1.807) is 24.4 Å². The molecule has 0 aromatic carbocycles. The molecule has 3 aromatic rings. The van der Waals surface area contributed by atoms with E-state index in [1.165, 1.54) is 0 Å². The third kappa shape index (κ3) is 3.27. The smallest absolute Gasteiger partial charge is 0.249 e. The molecule has 1 N–H and O–H groups in total. The number of anilines is 1. The number of rotatable bonds is 3. The summed E-state index contributed by atoms with van der Waals surface area (Å²) >= 11 is 3.50. The lowest BCUT2D eigenvalue weighted by molar-refractivity contribution is 0.0447. The molecule has 150 valence electrons. The standard InChI is InChI=1S/C18H22BrN5O3S/c1-4-28(26,27)17-20-12-9-14(19)24-13(8-11(2)22-24)15(12)16(21-17)23-7-5-6-18(3,25)10-23/h8-9,25H,4-7,10H2,1-3H3/t18-/m1/s1. The summed E-state index contributed by atoms with van der Waals surface area (Å²) in [6.07, 6.45) is 1.48. The first kappa shape index (κ1) is 19.5. The summed E-state index contributed by atoms with van der Waals surface area (Å²) in [6, 6.07) is 3.69. The van der Waals surface area contributed by atoms with Crippen LogP contribution in [0, 0.1) is 6.92 Å². The molecule has 0 radical (unpaired) electrons. The van der Waals surface area contributed by atoms with Gasteiger partial charge in [0.05, 0.1) is 33.5 Å². The van der Waals surface area contributed by atoms with Crippen molar-refractivity contribution in [1.82, 2.24) is 19.6 Å². The molecule has 10 heteroatoms. The number of aryl methyl sites for hydroxylation is 1. The topological polar surface area (TPSA) is 101 Å². The lowest BCUT2D eigenvalue weighted by atomic mass is 9.95. The largest absolute Gasteiger partial charge is 0.388 e. The Morgan fingerprint density at radius 2 is 2.07 bits per heavy atom. The molecule has 0 bridgehead atoms. The van der Waals surface area contributed by atoms with Crippen molar-refractivity contribution in [1.29, 1.82) is 0 Å². The minimum atomic E-state index is -3.59. The first-order chi connectivity index (χ1) is 13.1. The average Bonchev–Trinajstić information content (AvgIpc) is 3.02. The third-order valence-electron chi connectivity index (χ3n) is 5.08. The summed E-state index contributed by atoms with van der Waals surface area (Å²) in [5.41, 5.74) is 1.29. The number of piperidine rings is 1. The van der Waals surface area contributed by atoms with Crippen LogP contribution in [0.1, 0.15) is 32.4 Å². The van der Waals surface area contributed by atoms with Crippen LogP contribution in [0.25, 0.3) is 16.4 Å². The SMILES string of the molecule is CCS(=O)(=O)c1nc(N2CCC[C@@](C)(O)C2)c2c(cc(Br)n3nc(C)cc23)n1. The van der Waals surface area contributed by atoms with E-state index in [9.17, 15) is 13.5 Å². The molecule has 3 aromatic heterocycles. The van der Waals surface area contributed by atoms with Gasteiger partial charge in [-0.15, -0.1) is 0 Å². The second kappa shape index (κ2) is 6.64. The molecule has 28 heavy (non-hydrogen) atoms. The number of hydrogen-bond acceptors (Lipinski definition) is 7. The highest BCUT2D eigenvalue weighted by molar-refractivity contribution is 9.10. The molecule has 8 nitrogen and oxygen atoms in total. The number of hydrogen-bond donors (Lipinski definition) is 1. The summed E-state index contributed by atoms with van der Waals surface area (Å²) in [4.78, 5) is 10.8. The molecule has 0 aliphatic carbocycles. The number of fused-ring (bicyclic) bond motifs is 3. The van der Waals surface area contributed by atoms with E-state index in [4.69, 9.17) is 0 Å². The minimum Gasteiger partial charge on any atom is -0.388 e. The Balaban J connectivity index is 2.08. The van der Waals surface area contributed by atoms with Crippen LogP contribution >= 0.6 is 15.9 Å². The molecule has 0 amide bonds. The molecule has 4 rings (SSSR count). The molecule has 1 aliphatic rings. The van der Waals surface area contributed by atoms with Crippen LogP contribution < -0.4 is 4.90 Å². The molecule has 0 saturated carbocycles. The van der Waals surface area contributed by atoms with E-state index >= 15 is 0 Å². The van der Waals surface area contributed by atoms with E-state index in [-0.39, 0.29) is 10.9 Å². The maximum absolute atomic E-state index is 12.5. The summed E-state index contributed by atoms with van der Waals surface area (Å²) in [5.74, 6) is 0.444. The fourth-order valence-corrected chi connectivity index (χ4v) is 4.92. The predicted molar refractivity (Wildman–Crippen MR) is 111 cm³/mol. The summed E-state index contributed by atoms with van der Waals surface area (Å²) < 4.78 is 27.5. The van der Waals surface area contributed by atoms with Crippen LogP contribution in [0.4, 0.5) is 5.82 Å². The van der Waals surface area contributed by atoms with Crippen molar-refractivity contribution in [3.05, 3.63) is 22.4 Å². The summed E-state index contributed by atoms with van der Waals surface area (Å²) in [6.45, 7) is 6.33. The van der Waals surface area contributed by atoms with Gasteiger partial charge in [0.1, 0.15) is 10.4 Å². The van der Waals surface area contributed by atoms with Crippen LogP contribution in [0.3, 0.4) is 0 Å². The minimum absolute atomic E-state index is 0.0785. The summed E-state index contributed by atoms with van der Waals surface area (Å²) in [5, 5.41) is 15.6. The number of halogens is 1. The quantitative estimate of drug-likeness (QED) is 0.466. The Morgan fingerprint density at radius 1 is 1.32 bits per heavy atom. The van der Waals surface area contributed by atoms with Gasteiger partial charge < -0.3 is 10.0 Å². The van der Waals surface area contributed by atoms with E-state index in [2.05, 4.69) is 31.0 Å². The zero-order chi connectivity index (χ0) is 20.3. The normalized spacial score (nSPS) is 21.0. The number of nitrogens with zero attached hydrogens (tertiary/aromatic N) is 5. The average molecular weight is 468 g/mol. The Bertz CT molecular complexity index is 1190. The number of sulfone groups is 1. The van der Waals surface area contributed by atoms with E-state index < -0.39 is 15.4 Å². The van der Waals surface area contributed by atoms with Gasteiger partial charge in [0.2, 0.25) is 15.0 Å². The van der Waals surface area contributed by atoms with Crippen molar-refractivity contribution < 1.29 is 13.5 Å². The van der Waals surface area contributed by atoms with Crippen LogP contribution in [0.2, 0.25) is 0 Å². The molecule has 1 aliphatic heterocycles. The molecule has 0 unspecified atom stereocenters. The molecule has 1 fully saturated rings. The lowest BCUT2D eigenvalue weighted by Crippen LogP contribution is -2.46. The second-order valence-corrected chi connectivity index (χ2v) is 10.5. The van der Waals surface area contributed by atoms with Crippen LogP contribution in [0.15, 0.2) is 21.9 Å². The zero-order valence-electron chi connectivity index (χ0n) is 16.0. The highest BCUT2D eigenvalue weighted by atomic mass is 79.9. The van der Waals surface area contributed by atoms with Gasteiger partial charge in [-0.2, -0.15) is 5.10 Å². The maximum atomic E-state index is 12.5. The molecule has 0 spiro atoms. The molecule has 1 atom stereocenters. The number of aromatic nitrogens is 4. The summed E-state index contributed by atoms with van der Waals surface area (Å²) in [7, 11) is -3.59. The van der Waals surface area contributed by atoms with Gasteiger partial charge in [-0.3, -0.25) is 0 Å². The van der Waals surface area contributed by atoms with Gasteiger partial charge in [-0.25, -0.2) is 22.9 Å².